The van der Waals surface area contributed by atoms with Gasteiger partial charge >= 0.3 is 0 Å². The molecule has 0 saturated carbocycles. The number of rotatable bonds is 5. The molecule has 0 aromatic heterocycles. The average Bonchev–Trinajstić information content (AvgIpc) is 2.46. The van der Waals surface area contributed by atoms with E-state index in [0.29, 0.717) is 0 Å². The maximum absolute atomic E-state index is 2.39. The lowest BCUT2D eigenvalue weighted by Crippen LogP contribution is -2.51. The van der Waals surface area contributed by atoms with Gasteiger partial charge in [0.1, 0.15) is 0 Å². The molecule has 0 radical (unpaired) electrons. The molecule has 0 heterocycles. The minimum absolute atomic E-state index is 0.774. The fourth-order valence-electron chi connectivity index (χ4n) is 2.91. The van der Waals surface area contributed by atoms with Crippen LogP contribution in [-0.2, 0) is 0 Å². The van der Waals surface area contributed by atoms with Gasteiger partial charge in [-0.1, -0.05) is 97.0 Å². The highest BCUT2D eigenvalue weighted by Crippen LogP contribution is 2.05. The molecule has 2 atom stereocenters. The van der Waals surface area contributed by atoms with Crippen LogP contribution in [-0.4, -0.2) is 16.6 Å². The molecule has 2 aromatic carbocycles. The Kier molecular flexibility index (Phi) is 4.96. The summed E-state index contributed by atoms with van der Waals surface area (Å²) in [7, 11) is -1.55. The number of hydrogen-bond donors (Lipinski definition) is 0. The molecule has 0 aliphatic rings. The Morgan fingerprint density at radius 2 is 0.944 bits per heavy atom. The summed E-state index contributed by atoms with van der Waals surface area (Å²) in [5.74, 6) is 0. The maximum atomic E-state index is 2.39. The molecule has 0 fully saturated rings. The molecule has 0 aliphatic carbocycles. The number of hydrogen-bond acceptors (Lipinski definition) is 0. The molecule has 0 nitrogen and oxygen atoms in total. The molecule has 18 heavy (non-hydrogen) atoms. The third-order valence-corrected chi connectivity index (χ3v) is 17.1. The summed E-state index contributed by atoms with van der Waals surface area (Å²) in [4.78, 5) is 0. The van der Waals surface area contributed by atoms with Gasteiger partial charge in [-0.3, -0.25) is 0 Å². The molecule has 2 unspecified atom stereocenters. The topological polar surface area (TPSA) is 0 Å². The van der Waals surface area contributed by atoms with Gasteiger partial charge in [0.25, 0.3) is 0 Å². The van der Waals surface area contributed by atoms with Crippen molar-refractivity contribution in [3.8, 4) is 0 Å². The van der Waals surface area contributed by atoms with Gasteiger partial charge < -0.3 is 0 Å². The van der Waals surface area contributed by atoms with Crippen molar-refractivity contribution in [2.75, 3.05) is 0 Å². The van der Waals surface area contributed by atoms with Gasteiger partial charge in [-0.25, -0.2) is 0 Å². The van der Waals surface area contributed by atoms with Gasteiger partial charge in [0.05, 0.1) is 16.6 Å². The first-order valence-corrected chi connectivity index (χ1v) is 12.4. The van der Waals surface area contributed by atoms with E-state index in [-0.39, 0.29) is 0 Å². The summed E-state index contributed by atoms with van der Waals surface area (Å²) in [5, 5.41) is 3.34. The van der Waals surface area contributed by atoms with Gasteiger partial charge in [-0.15, -0.1) is 0 Å². The first-order valence-electron chi connectivity index (χ1n) is 6.96. The lowest BCUT2D eigenvalue weighted by atomic mass is 10.4. The van der Waals surface area contributed by atoms with Gasteiger partial charge in [0.15, 0.2) is 0 Å². The predicted molar refractivity (Wildman–Crippen MR) is 87.4 cm³/mol. The van der Waals surface area contributed by atoms with Crippen LogP contribution in [0.1, 0.15) is 13.8 Å². The predicted octanol–water partition coefficient (Wildman–Crippen LogP) is 2.37. The van der Waals surface area contributed by atoms with Crippen LogP contribution in [0.4, 0.5) is 0 Å². The normalized spacial score (nSPS) is 14.1. The third-order valence-electron chi connectivity index (χ3n) is 3.82. The second kappa shape index (κ2) is 6.71. The van der Waals surface area contributed by atoms with E-state index >= 15 is 0 Å². The maximum Gasteiger partial charge on any atom is 0.0665 e. The molecule has 0 saturated heterocycles. The van der Waals surface area contributed by atoms with E-state index in [1.807, 2.05) is 0 Å². The van der Waals surface area contributed by atoms with Gasteiger partial charge in [-0.05, 0) is 0 Å². The molecule has 0 bridgehead atoms. The van der Waals surface area contributed by atoms with E-state index in [0.717, 1.165) is 0 Å². The smallest absolute Gasteiger partial charge is 0.0665 e. The van der Waals surface area contributed by atoms with Crippen LogP contribution in [0.15, 0.2) is 60.7 Å². The Balaban J connectivity index is 2.31. The quantitative estimate of drug-likeness (QED) is 0.732. The Labute approximate surface area is 114 Å². The van der Waals surface area contributed by atoms with E-state index < -0.39 is 16.6 Å². The summed E-state index contributed by atoms with van der Waals surface area (Å²) in [5.41, 5.74) is 0. The molecule has 2 rings (SSSR count). The summed E-state index contributed by atoms with van der Waals surface area (Å²) >= 11 is 0. The van der Waals surface area contributed by atoms with Crippen LogP contribution in [0.25, 0.3) is 0 Å². The van der Waals surface area contributed by atoms with Crippen LogP contribution < -0.4 is 10.4 Å². The van der Waals surface area contributed by atoms with Crippen molar-refractivity contribution in [1.82, 2.24) is 0 Å². The van der Waals surface area contributed by atoms with E-state index in [4.69, 9.17) is 0 Å². The van der Waals surface area contributed by atoms with E-state index in [2.05, 4.69) is 74.5 Å². The summed E-state index contributed by atoms with van der Waals surface area (Å²) in [6.45, 7) is 4.78. The second-order valence-corrected chi connectivity index (χ2v) is 15.1. The van der Waals surface area contributed by atoms with Gasteiger partial charge in [0, 0.05) is 0 Å². The molecule has 0 spiro atoms. The Bertz CT molecular complexity index is 408. The Hall–Kier alpha value is -1.13. The lowest BCUT2D eigenvalue weighted by Gasteiger charge is -2.23. The molecule has 2 aromatic rings. The van der Waals surface area contributed by atoms with Crippen molar-refractivity contribution in [3.63, 3.8) is 0 Å². The Morgan fingerprint density at radius 1 is 0.611 bits per heavy atom. The molecule has 0 aliphatic heterocycles. The molecule has 94 valence electrons. The fraction of sp³-hybridized carbons (Fsp3) is 0.250. The molecule has 0 N–H and O–H groups in total. The van der Waals surface area contributed by atoms with E-state index in [1.54, 1.807) is 10.4 Å². The molecular weight excluding hydrogens is 248 g/mol. The minimum Gasteiger partial charge on any atom is -0.0679 e. The summed E-state index contributed by atoms with van der Waals surface area (Å²) in [6.07, 6.45) is 0. The van der Waals surface area contributed by atoms with Gasteiger partial charge in [-0.2, -0.15) is 0 Å². The van der Waals surface area contributed by atoms with Crippen molar-refractivity contribution < 1.29 is 0 Å². The SMILES string of the molecule is CC[SiH](c1ccccc1)[SiH](CC)c1ccccc1. The monoisotopic (exact) mass is 270 g/mol. The van der Waals surface area contributed by atoms with Crippen LogP contribution in [0.5, 0.6) is 0 Å². The summed E-state index contributed by atoms with van der Waals surface area (Å²) < 4.78 is 0. The van der Waals surface area contributed by atoms with Crippen molar-refractivity contribution in [1.29, 1.82) is 0 Å². The fourth-order valence-corrected chi connectivity index (χ4v) is 14.9. The minimum atomic E-state index is -0.774. The highest BCUT2D eigenvalue weighted by molar-refractivity contribution is 7.32. The average molecular weight is 271 g/mol. The standard InChI is InChI=1S/C16H22Si2/c1-3-17(15-11-7-5-8-12-15)18(4-2)16-13-9-6-10-14-16/h5-14,17-18H,3-4H2,1-2H3. The highest BCUT2D eigenvalue weighted by Gasteiger charge is 2.24. The second-order valence-electron chi connectivity index (χ2n) is 4.85. The zero-order valence-corrected chi connectivity index (χ0v) is 13.7. The summed E-state index contributed by atoms with van der Waals surface area (Å²) in [6, 6.07) is 25.3. The van der Waals surface area contributed by atoms with E-state index in [9.17, 15) is 0 Å². The van der Waals surface area contributed by atoms with E-state index in [1.165, 1.54) is 12.1 Å². The highest BCUT2D eigenvalue weighted by atomic mass is 29.2. The van der Waals surface area contributed by atoms with Gasteiger partial charge in [0.2, 0.25) is 0 Å². The third kappa shape index (κ3) is 3.00. The Morgan fingerprint density at radius 3 is 1.22 bits per heavy atom. The zero-order chi connectivity index (χ0) is 12.8. The largest absolute Gasteiger partial charge is 0.0679 e. The molecule has 2 heteroatoms. The first kappa shape index (κ1) is 13.3. The molecular formula is C16H22Si2. The van der Waals surface area contributed by atoms with Crippen molar-refractivity contribution in [2.45, 2.75) is 25.9 Å². The van der Waals surface area contributed by atoms with Crippen molar-refractivity contribution >= 4 is 27.0 Å². The van der Waals surface area contributed by atoms with Crippen LogP contribution in [0.2, 0.25) is 12.1 Å². The molecule has 0 amide bonds. The van der Waals surface area contributed by atoms with Crippen LogP contribution in [0.3, 0.4) is 0 Å². The first-order chi connectivity index (χ1) is 8.86. The lowest BCUT2D eigenvalue weighted by molar-refractivity contribution is 1.41. The van der Waals surface area contributed by atoms with Crippen LogP contribution in [0, 0.1) is 0 Å². The van der Waals surface area contributed by atoms with Crippen LogP contribution >= 0.6 is 0 Å². The van der Waals surface area contributed by atoms with Crippen molar-refractivity contribution in [3.05, 3.63) is 60.7 Å². The number of benzene rings is 2. The zero-order valence-electron chi connectivity index (χ0n) is 11.3. The van der Waals surface area contributed by atoms with Crippen molar-refractivity contribution in [2.24, 2.45) is 0 Å².